The van der Waals surface area contributed by atoms with Gasteiger partial charge in [0.1, 0.15) is 0 Å². The van der Waals surface area contributed by atoms with Crippen molar-refractivity contribution >= 4 is 16.6 Å². The Hall–Kier alpha value is -2.01. The lowest BCUT2D eigenvalue weighted by atomic mass is 10.1. The van der Waals surface area contributed by atoms with Crippen LogP contribution >= 0.6 is 0 Å². The number of pyridine rings is 1. The number of fused-ring (bicyclic) bond motifs is 3. The first-order valence-corrected chi connectivity index (χ1v) is 4.60. The fraction of sp³-hybridized carbons (Fsp3) is 0.100. The van der Waals surface area contributed by atoms with Crippen molar-refractivity contribution in [1.29, 1.82) is 0 Å². The molecule has 0 unspecified atom stereocenters. The van der Waals surface area contributed by atoms with E-state index in [-0.39, 0.29) is 6.61 Å². The largest absolute Gasteiger partial charge is 0.392 e. The van der Waals surface area contributed by atoms with Gasteiger partial charge in [-0.1, -0.05) is 18.2 Å². The number of benzene rings is 1. The van der Waals surface area contributed by atoms with Gasteiger partial charge in [-0.05, 0) is 22.6 Å². The quantitative estimate of drug-likeness (QED) is 0.630. The Morgan fingerprint density at radius 3 is 3.00 bits per heavy atom. The number of aliphatic hydroxyl groups excluding tert-OH is 1. The number of nitrogens with zero attached hydrogens (tertiary/aromatic N) is 4. The van der Waals surface area contributed by atoms with Crippen LogP contribution in [0.1, 0.15) is 5.56 Å². The highest BCUT2D eigenvalue weighted by Crippen LogP contribution is 2.18. The molecule has 0 saturated heterocycles. The van der Waals surface area contributed by atoms with Gasteiger partial charge < -0.3 is 5.11 Å². The molecule has 74 valence electrons. The van der Waals surface area contributed by atoms with Gasteiger partial charge in [-0.2, -0.15) is 4.52 Å². The summed E-state index contributed by atoms with van der Waals surface area (Å²) in [6.45, 7) is -0.0608. The number of aliphatic hydroxyl groups is 1. The fourth-order valence-electron chi connectivity index (χ4n) is 1.72. The third kappa shape index (κ3) is 1.10. The zero-order chi connectivity index (χ0) is 10.3. The first-order valence-electron chi connectivity index (χ1n) is 4.60. The first-order chi connectivity index (χ1) is 7.40. The first kappa shape index (κ1) is 8.31. The molecule has 0 fully saturated rings. The van der Waals surface area contributed by atoms with Gasteiger partial charge >= 0.3 is 0 Å². The van der Waals surface area contributed by atoms with E-state index in [1.54, 1.807) is 4.52 Å². The third-order valence-electron chi connectivity index (χ3n) is 2.42. The summed E-state index contributed by atoms with van der Waals surface area (Å²) in [5.41, 5.74) is 2.28. The van der Waals surface area contributed by atoms with E-state index in [1.165, 1.54) is 0 Å². The van der Waals surface area contributed by atoms with Crippen LogP contribution in [0, 0.1) is 0 Å². The van der Waals surface area contributed by atoms with Crippen LogP contribution < -0.4 is 0 Å². The minimum absolute atomic E-state index is 0.0608. The van der Waals surface area contributed by atoms with Crippen LogP contribution in [0.2, 0.25) is 0 Å². The number of hydrogen-bond donors (Lipinski definition) is 1. The molecule has 0 spiro atoms. The van der Waals surface area contributed by atoms with Gasteiger partial charge in [0.15, 0.2) is 5.65 Å². The van der Waals surface area contributed by atoms with E-state index in [0.717, 1.165) is 16.5 Å². The average Bonchev–Trinajstić information content (AvgIpc) is 2.77. The maximum atomic E-state index is 9.20. The molecule has 0 saturated carbocycles. The molecule has 0 bridgehead atoms. The Labute approximate surface area is 85.0 Å². The second kappa shape index (κ2) is 2.99. The number of aromatic nitrogens is 4. The molecular formula is C10H8N4O. The highest BCUT2D eigenvalue weighted by molar-refractivity contribution is 5.82. The normalized spacial score (nSPS) is 11.3. The van der Waals surface area contributed by atoms with E-state index in [9.17, 15) is 5.11 Å². The molecule has 15 heavy (non-hydrogen) atoms. The van der Waals surface area contributed by atoms with E-state index < -0.39 is 0 Å². The summed E-state index contributed by atoms with van der Waals surface area (Å²) >= 11 is 0. The van der Waals surface area contributed by atoms with Crippen molar-refractivity contribution in [2.45, 2.75) is 6.61 Å². The third-order valence-corrected chi connectivity index (χ3v) is 2.42. The van der Waals surface area contributed by atoms with Crippen LogP contribution in [-0.4, -0.2) is 25.1 Å². The number of rotatable bonds is 1. The Morgan fingerprint density at radius 1 is 1.27 bits per heavy atom. The molecule has 5 nitrogen and oxygen atoms in total. The lowest BCUT2D eigenvalue weighted by molar-refractivity contribution is 0.283. The summed E-state index contributed by atoms with van der Waals surface area (Å²) in [5, 5.41) is 21.6. The lowest BCUT2D eigenvalue weighted by Gasteiger charge is -2.02. The fourth-order valence-corrected chi connectivity index (χ4v) is 1.72. The van der Waals surface area contributed by atoms with E-state index in [2.05, 4.69) is 15.5 Å². The molecule has 2 aromatic heterocycles. The number of tetrazole rings is 1. The topological polar surface area (TPSA) is 63.3 Å². The Morgan fingerprint density at radius 2 is 2.13 bits per heavy atom. The molecule has 5 heteroatoms. The Balaban J connectivity index is 2.57. The highest BCUT2D eigenvalue weighted by Gasteiger charge is 2.07. The van der Waals surface area contributed by atoms with Crippen molar-refractivity contribution in [2.24, 2.45) is 0 Å². The second-order valence-electron chi connectivity index (χ2n) is 3.30. The zero-order valence-electron chi connectivity index (χ0n) is 7.83. The molecule has 0 atom stereocenters. The standard InChI is InChI=1S/C10H8N4O/c15-6-8-5-7-3-1-2-4-9(7)14-10(8)11-12-13-14/h1-5,15H,6H2. The monoisotopic (exact) mass is 200 g/mol. The number of hydrogen-bond acceptors (Lipinski definition) is 4. The van der Waals surface area contributed by atoms with Crippen LogP contribution in [-0.2, 0) is 6.61 Å². The van der Waals surface area contributed by atoms with Gasteiger partial charge in [0, 0.05) is 10.9 Å². The van der Waals surface area contributed by atoms with Gasteiger partial charge in [0.2, 0.25) is 0 Å². The molecule has 0 radical (unpaired) electrons. The molecule has 2 heterocycles. The molecule has 0 aliphatic carbocycles. The van der Waals surface area contributed by atoms with Gasteiger partial charge in [-0.25, -0.2) is 0 Å². The predicted molar refractivity (Wildman–Crippen MR) is 54.2 cm³/mol. The van der Waals surface area contributed by atoms with Crippen molar-refractivity contribution in [2.75, 3.05) is 0 Å². The van der Waals surface area contributed by atoms with Crippen LogP contribution in [0.25, 0.3) is 16.6 Å². The molecule has 1 aromatic carbocycles. The summed E-state index contributed by atoms with van der Waals surface area (Å²) in [6.07, 6.45) is 0. The molecule has 3 aromatic rings. The van der Waals surface area contributed by atoms with Gasteiger partial charge in [0.25, 0.3) is 0 Å². The van der Waals surface area contributed by atoms with Gasteiger partial charge in [-0.15, -0.1) is 5.10 Å². The summed E-state index contributed by atoms with van der Waals surface area (Å²) in [5.74, 6) is 0. The predicted octanol–water partition coefficient (Wildman–Crippen LogP) is 0.770. The summed E-state index contributed by atoms with van der Waals surface area (Å²) in [4.78, 5) is 0. The minimum atomic E-state index is -0.0608. The molecule has 0 amide bonds. The van der Waals surface area contributed by atoms with Crippen LogP contribution in [0.4, 0.5) is 0 Å². The number of para-hydroxylation sites is 1. The molecule has 1 N–H and O–H groups in total. The van der Waals surface area contributed by atoms with Crippen LogP contribution in [0.15, 0.2) is 30.3 Å². The Bertz CT molecular complexity index is 631. The highest BCUT2D eigenvalue weighted by atomic mass is 16.3. The maximum Gasteiger partial charge on any atom is 0.185 e. The van der Waals surface area contributed by atoms with Crippen molar-refractivity contribution in [1.82, 2.24) is 20.0 Å². The van der Waals surface area contributed by atoms with E-state index >= 15 is 0 Å². The molecular weight excluding hydrogens is 192 g/mol. The molecule has 0 aliphatic heterocycles. The van der Waals surface area contributed by atoms with Crippen molar-refractivity contribution in [3.05, 3.63) is 35.9 Å². The smallest absolute Gasteiger partial charge is 0.185 e. The van der Waals surface area contributed by atoms with Crippen LogP contribution in [0.3, 0.4) is 0 Å². The second-order valence-corrected chi connectivity index (χ2v) is 3.30. The van der Waals surface area contributed by atoms with E-state index in [1.807, 2.05) is 30.3 Å². The summed E-state index contributed by atoms with van der Waals surface area (Å²) in [6, 6.07) is 9.69. The maximum absolute atomic E-state index is 9.20. The van der Waals surface area contributed by atoms with Crippen molar-refractivity contribution in [3.63, 3.8) is 0 Å². The molecule has 3 rings (SSSR count). The van der Waals surface area contributed by atoms with Gasteiger partial charge in [-0.3, -0.25) is 0 Å². The lowest BCUT2D eigenvalue weighted by Crippen LogP contribution is -1.96. The zero-order valence-corrected chi connectivity index (χ0v) is 7.83. The van der Waals surface area contributed by atoms with Crippen molar-refractivity contribution < 1.29 is 5.11 Å². The SMILES string of the molecule is OCc1cc2ccccc2n2nnnc12. The average molecular weight is 200 g/mol. The van der Waals surface area contributed by atoms with E-state index in [0.29, 0.717) is 5.65 Å². The summed E-state index contributed by atoms with van der Waals surface area (Å²) < 4.78 is 1.64. The van der Waals surface area contributed by atoms with E-state index in [4.69, 9.17) is 0 Å². The summed E-state index contributed by atoms with van der Waals surface area (Å²) in [7, 11) is 0. The Kier molecular flexibility index (Phi) is 1.66. The van der Waals surface area contributed by atoms with Crippen LogP contribution in [0.5, 0.6) is 0 Å². The molecule has 0 aliphatic rings. The minimum Gasteiger partial charge on any atom is -0.392 e. The van der Waals surface area contributed by atoms with Crippen molar-refractivity contribution in [3.8, 4) is 0 Å². The van der Waals surface area contributed by atoms with Gasteiger partial charge in [0.05, 0.1) is 12.1 Å².